The quantitative estimate of drug-likeness (QED) is 0.645. The lowest BCUT2D eigenvalue weighted by atomic mass is 10.0. The minimum Gasteiger partial charge on any atom is -0.495 e. The molecule has 2 N–H and O–H groups in total. The fourth-order valence-electron chi connectivity index (χ4n) is 3.43. The van der Waals surface area contributed by atoms with Gasteiger partial charge in [0.2, 0.25) is 15.9 Å². The number of nitrogens with zero attached hydrogens (tertiary/aromatic N) is 1. The van der Waals surface area contributed by atoms with Crippen LogP contribution in [0.5, 0.6) is 5.75 Å². The average Bonchev–Trinajstić information content (AvgIpc) is 3.26. The van der Waals surface area contributed by atoms with E-state index in [1.807, 2.05) is 13.8 Å². The fraction of sp³-hybridized carbons (Fsp3) is 0.450. The van der Waals surface area contributed by atoms with Gasteiger partial charge in [-0.3, -0.25) is 9.69 Å². The number of ether oxygens (including phenoxy) is 1. The van der Waals surface area contributed by atoms with Gasteiger partial charge in [-0.15, -0.1) is 11.3 Å². The van der Waals surface area contributed by atoms with Crippen molar-refractivity contribution in [2.45, 2.75) is 43.0 Å². The van der Waals surface area contributed by atoms with Crippen LogP contribution < -0.4 is 14.8 Å². The smallest absolute Gasteiger partial charge is 0.250 e. The topological polar surface area (TPSA) is 87.7 Å². The zero-order valence-corrected chi connectivity index (χ0v) is 19.5. The summed E-state index contributed by atoms with van der Waals surface area (Å²) in [6.45, 7) is 4.97. The Morgan fingerprint density at radius 1 is 1.33 bits per heavy atom. The van der Waals surface area contributed by atoms with Crippen LogP contribution >= 0.6 is 22.9 Å². The van der Waals surface area contributed by atoms with E-state index in [1.165, 1.54) is 18.4 Å². The largest absolute Gasteiger partial charge is 0.495 e. The lowest BCUT2D eigenvalue weighted by molar-refractivity contribution is -0.121. The van der Waals surface area contributed by atoms with Gasteiger partial charge in [0, 0.05) is 30.2 Å². The molecule has 0 radical (unpaired) electrons. The highest BCUT2D eigenvalue weighted by molar-refractivity contribution is 7.91. The van der Waals surface area contributed by atoms with Gasteiger partial charge in [0.05, 0.1) is 18.8 Å². The minimum atomic E-state index is -3.48. The van der Waals surface area contributed by atoms with Crippen molar-refractivity contribution in [3.8, 4) is 5.75 Å². The lowest BCUT2D eigenvalue weighted by Gasteiger charge is -2.35. The number of methoxy groups -OCH3 is 1. The van der Waals surface area contributed by atoms with E-state index < -0.39 is 10.0 Å². The van der Waals surface area contributed by atoms with Crippen LogP contribution in [-0.2, 0) is 14.8 Å². The van der Waals surface area contributed by atoms with Crippen LogP contribution in [0.3, 0.4) is 0 Å². The highest BCUT2D eigenvalue weighted by Gasteiger charge is 2.29. The first-order valence-electron chi connectivity index (χ1n) is 9.66. The maximum absolute atomic E-state index is 12.8. The molecule has 1 amide bonds. The van der Waals surface area contributed by atoms with Gasteiger partial charge < -0.3 is 10.1 Å². The number of aryl methyl sites for hydroxylation is 1. The molecular formula is C20H26ClN3O4S2. The summed E-state index contributed by atoms with van der Waals surface area (Å²) >= 11 is 7.33. The number of hydrogen-bond acceptors (Lipinski definition) is 6. The van der Waals surface area contributed by atoms with Crippen molar-refractivity contribution >= 4 is 44.6 Å². The van der Waals surface area contributed by atoms with Gasteiger partial charge in [0.15, 0.2) is 0 Å². The molecule has 1 atom stereocenters. The molecule has 1 aromatic carbocycles. The molecule has 0 bridgehead atoms. The highest BCUT2D eigenvalue weighted by Crippen LogP contribution is 2.31. The molecule has 10 heteroatoms. The van der Waals surface area contributed by atoms with E-state index in [4.69, 9.17) is 16.3 Å². The molecule has 1 aliphatic rings. The molecule has 3 rings (SSSR count). The van der Waals surface area contributed by atoms with Crippen LogP contribution in [0.2, 0.25) is 5.02 Å². The molecule has 164 valence electrons. The predicted molar refractivity (Wildman–Crippen MR) is 120 cm³/mol. The summed E-state index contributed by atoms with van der Waals surface area (Å²) in [5.74, 6) is 0.362. The SMILES string of the molecule is COc1cc(Cl)c(C)cc1NC(=O)[C@@H](C)N1CCC(NS(=O)(=O)c2cccs2)CC1. The Hall–Kier alpha value is -1.65. The lowest BCUT2D eigenvalue weighted by Crippen LogP contribution is -2.50. The number of carbonyl (C=O) groups is 1. The summed E-state index contributed by atoms with van der Waals surface area (Å²) in [5, 5.41) is 5.24. The fourth-order valence-corrected chi connectivity index (χ4v) is 5.90. The Morgan fingerprint density at radius 2 is 2.03 bits per heavy atom. The monoisotopic (exact) mass is 471 g/mol. The molecule has 2 aromatic rings. The van der Waals surface area contributed by atoms with Gasteiger partial charge >= 0.3 is 0 Å². The molecule has 7 nitrogen and oxygen atoms in total. The van der Waals surface area contributed by atoms with Crippen LogP contribution in [0.4, 0.5) is 5.69 Å². The van der Waals surface area contributed by atoms with E-state index in [2.05, 4.69) is 14.9 Å². The number of carbonyl (C=O) groups excluding carboxylic acids is 1. The Bertz CT molecular complexity index is 988. The molecule has 1 saturated heterocycles. The van der Waals surface area contributed by atoms with E-state index in [0.717, 1.165) is 5.56 Å². The van der Waals surface area contributed by atoms with Gasteiger partial charge in [0.25, 0.3) is 0 Å². The summed E-state index contributed by atoms with van der Waals surface area (Å²) in [6.07, 6.45) is 1.29. The van der Waals surface area contributed by atoms with Crippen LogP contribution in [0, 0.1) is 6.92 Å². The van der Waals surface area contributed by atoms with Crippen molar-refractivity contribution in [3.63, 3.8) is 0 Å². The second-order valence-electron chi connectivity index (χ2n) is 7.33. The molecule has 1 aromatic heterocycles. The third-order valence-electron chi connectivity index (χ3n) is 5.28. The van der Waals surface area contributed by atoms with Gasteiger partial charge in [-0.05, 0) is 49.8 Å². The molecular weight excluding hydrogens is 446 g/mol. The average molecular weight is 472 g/mol. The van der Waals surface area contributed by atoms with Gasteiger partial charge in [-0.2, -0.15) is 0 Å². The maximum Gasteiger partial charge on any atom is 0.250 e. The van der Waals surface area contributed by atoms with Crippen molar-refractivity contribution in [2.24, 2.45) is 0 Å². The standard InChI is InChI=1S/C20H26ClN3O4S2/c1-13-11-17(18(28-3)12-16(13)21)22-20(25)14(2)24-8-6-15(7-9-24)23-30(26,27)19-5-4-10-29-19/h4-5,10-12,14-15,23H,6-9H2,1-3H3,(H,22,25)/t14-/m1/s1. The van der Waals surface area contributed by atoms with Crippen LogP contribution in [0.15, 0.2) is 33.9 Å². The predicted octanol–water partition coefficient (Wildman–Crippen LogP) is 3.49. The number of rotatable bonds is 7. The number of halogens is 1. The summed E-state index contributed by atoms with van der Waals surface area (Å²) in [6, 6.07) is 6.29. The number of sulfonamides is 1. The van der Waals surface area contributed by atoms with E-state index in [9.17, 15) is 13.2 Å². The Labute approximate surface area is 186 Å². The first kappa shape index (κ1) is 23.0. The number of anilines is 1. The Balaban J connectivity index is 1.57. The molecule has 0 aliphatic carbocycles. The third kappa shape index (κ3) is 5.33. The van der Waals surface area contributed by atoms with E-state index >= 15 is 0 Å². The molecule has 1 aliphatic heterocycles. The van der Waals surface area contributed by atoms with Gasteiger partial charge in [-0.1, -0.05) is 17.7 Å². The second-order valence-corrected chi connectivity index (χ2v) is 10.6. The highest BCUT2D eigenvalue weighted by atomic mass is 35.5. The molecule has 30 heavy (non-hydrogen) atoms. The second kappa shape index (κ2) is 9.65. The molecule has 0 saturated carbocycles. The summed E-state index contributed by atoms with van der Waals surface area (Å²) in [4.78, 5) is 14.8. The molecule has 0 spiro atoms. The van der Waals surface area contributed by atoms with E-state index in [1.54, 1.807) is 29.6 Å². The number of piperidine rings is 1. The molecule has 1 fully saturated rings. The Kier molecular flexibility index (Phi) is 7.41. The van der Waals surface area contributed by atoms with Crippen molar-refractivity contribution < 1.29 is 17.9 Å². The van der Waals surface area contributed by atoms with Crippen molar-refractivity contribution in [1.29, 1.82) is 0 Å². The number of amides is 1. The number of nitrogens with one attached hydrogen (secondary N) is 2. The zero-order valence-electron chi connectivity index (χ0n) is 17.1. The maximum atomic E-state index is 12.8. The van der Waals surface area contributed by atoms with Crippen LogP contribution in [-0.4, -0.2) is 51.5 Å². The van der Waals surface area contributed by atoms with Gasteiger partial charge in [0.1, 0.15) is 9.96 Å². The zero-order chi connectivity index (χ0) is 21.9. The molecule has 2 heterocycles. The van der Waals surface area contributed by atoms with Crippen molar-refractivity contribution in [3.05, 3.63) is 40.2 Å². The normalized spacial score (nSPS) is 16.9. The number of thiophene rings is 1. The number of benzene rings is 1. The van der Waals surface area contributed by atoms with Crippen LogP contribution in [0.25, 0.3) is 0 Å². The molecule has 0 unspecified atom stereocenters. The number of hydrogen-bond donors (Lipinski definition) is 2. The van der Waals surface area contributed by atoms with E-state index in [-0.39, 0.29) is 18.0 Å². The third-order valence-corrected chi connectivity index (χ3v) is 8.60. The first-order valence-corrected chi connectivity index (χ1v) is 12.4. The van der Waals surface area contributed by atoms with Gasteiger partial charge in [-0.25, -0.2) is 13.1 Å². The van der Waals surface area contributed by atoms with Crippen LogP contribution in [0.1, 0.15) is 25.3 Å². The summed E-state index contributed by atoms with van der Waals surface area (Å²) in [5.41, 5.74) is 1.43. The first-order chi connectivity index (χ1) is 14.2. The van der Waals surface area contributed by atoms with E-state index in [0.29, 0.717) is 46.6 Å². The van der Waals surface area contributed by atoms with Crippen molar-refractivity contribution in [2.75, 3.05) is 25.5 Å². The number of likely N-dealkylation sites (tertiary alicyclic amines) is 1. The summed E-state index contributed by atoms with van der Waals surface area (Å²) < 4.78 is 33.2. The van der Waals surface area contributed by atoms with Crippen molar-refractivity contribution in [1.82, 2.24) is 9.62 Å². The summed E-state index contributed by atoms with van der Waals surface area (Å²) in [7, 11) is -1.95. The minimum absolute atomic E-state index is 0.136. The Morgan fingerprint density at radius 3 is 2.63 bits per heavy atom.